The SMILES string of the molecule is O=C(C1=NCCCCN1)N1CCCc2ccccc21. The lowest BCUT2D eigenvalue weighted by molar-refractivity contribution is -0.112. The average molecular weight is 257 g/mol. The van der Waals surface area contributed by atoms with Crippen LogP contribution in [0, 0.1) is 0 Å². The van der Waals surface area contributed by atoms with Crippen molar-refractivity contribution < 1.29 is 4.79 Å². The van der Waals surface area contributed by atoms with Gasteiger partial charge in [0, 0.05) is 25.3 Å². The molecule has 4 heteroatoms. The predicted molar refractivity (Wildman–Crippen MR) is 76.7 cm³/mol. The highest BCUT2D eigenvalue weighted by molar-refractivity contribution is 6.42. The van der Waals surface area contributed by atoms with E-state index >= 15 is 0 Å². The summed E-state index contributed by atoms with van der Waals surface area (Å²) in [5, 5.41) is 3.17. The Balaban J connectivity index is 1.86. The van der Waals surface area contributed by atoms with Crippen molar-refractivity contribution in [1.82, 2.24) is 5.32 Å². The van der Waals surface area contributed by atoms with Gasteiger partial charge in [-0.05, 0) is 37.3 Å². The molecular formula is C15H19N3O. The molecule has 0 saturated carbocycles. The number of amidine groups is 1. The summed E-state index contributed by atoms with van der Waals surface area (Å²) in [6.07, 6.45) is 4.22. The lowest BCUT2D eigenvalue weighted by Gasteiger charge is -2.29. The molecule has 0 unspecified atom stereocenters. The number of rotatable bonds is 1. The number of para-hydroxylation sites is 1. The van der Waals surface area contributed by atoms with Gasteiger partial charge in [0.1, 0.15) is 0 Å². The molecule has 1 N–H and O–H groups in total. The highest BCUT2D eigenvalue weighted by Crippen LogP contribution is 2.26. The highest BCUT2D eigenvalue weighted by Gasteiger charge is 2.25. The number of nitrogens with one attached hydrogen (secondary N) is 1. The summed E-state index contributed by atoms with van der Waals surface area (Å²) in [5.41, 5.74) is 2.31. The number of fused-ring (bicyclic) bond motifs is 1. The van der Waals surface area contributed by atoms with Crippen molar-refractivity contribution in [2.75, 3.05) is 24.5 Å². The van der Waals surface area contributed by atoms with Gasteiger partial charge in [-0.15, -0.1) is 0 Å². The Bertz CT molecular complexity index is 510. The fourth-order valence-corrected chi connectivity index (χ4v) is 2.71. The number of benzene rings is 1. The second kappa shape index (κ2) is 5.43. The molecule has 3 rings (SSSR count). The molecule has 0 aromatic heterocycles. The van der Waals surface area contributed by atoms with Gasteiger partial charge in [-0.1, -0.05) is 18.2 Å². The third-order valence-corrected chi connectivity index (χ3v) is 3.71. The van der Waals surface area contributed by atoms with E-state index in [1.54, 1.807) is 0 Å². The molecule has 4 nitrogen and oxygen atoms in total. The van der Waals surface area contributed by atoms with Crippen LogP contribution in [-0.2, 0) is 11.2 Å². The van der Waals surface area contributed by atoms with E-state index in [1.807, 2.05) is 23.1 Å². The number of hydrogen-bond acceptors (Lipinski definition) is 3. The number of anilines is 1. The minimum atomic E-state index is 0.0223. The largest absolute Gasteiger partial charge is 0.366 e. The summed E-state index contributed by atoms with van der Waals surface area (Å²) in [4.78, 5) is 18.9. The van der Waals surface area contributed by atoms with Crippen LogP contribution in [0.15, 0.2) is 29.3 Å². The molecular weight excluding hydrogens is 238 g/mol. The Kier molecular flexibility index (Phi) is 3.49. The number of hydrogen-bond donors (Lipinski definition) is 1. The van der Waals surface area contributed by atoms with Gasteiger partial charge in [-0.25, -0.2) is 0 Å². The first kappa shape index (κ1) is 12.2. The van der Waals surface area contributed by atoms with Crippen molar-refractivity contribution in [3.63, 3.8) is 0 Å². The lowest BCUT2D eigenvalue weighted by Crippen LogP contribution is -2.45. The number of carbonyl (C=O) groups excluding carboxylic acids is 1. The molecule has 19 heavy (non-hydrogen) atoms. The number of amides is 1. The molecule has 1 amide bonds. The van der Waals surface area contributed by atoms with Crippen LogP contribution in [0.25, 0.3) is 0 Å². The molecule has 0 saturated heterocycles. The average Bonchev–Trinajstić information content (AvgIpc) is 2.75. The molecule has 0 fully saturated rings. The second-order valence-electron chi connectivity index (χ2n) is 5.05. The van der Waals surface area contributed by atoms with Crippen LogP contribution in [0.4, 0.5) is 5.69 Å². The van der Waals surface area contributed by atoms with E-state index in [0.717, 1.165) is 51.0 Å². The molecule has 100 valence electrons. The summed E-state index contributed by atoms with van der Waals surface area (Å²) in [5.74, 6) is 0.559. The van der Waals surface area contributed by atoms with Crippen LogP contribution in [-0.4, -0.2) is 31.4 Å². The van der Waals surface area contributed by atoms with Crippen LogP contribution >= 0.6 is 0 Å². The maximum atomic E-state index is 12.6. The first-order valence-corrected chi connectivity index (χ1v) is 7.04. The van der Waals surface area contributed by atoms with Crippen LogP contribution in [0.5, 0.6) is 0 Å². The van der Waals surface area contributed by atoms with Crippen molar-refractivity contribution in [3.8, 4) is 0 Å². The molecule has 0 aliphatic carbocycles. The van der Waals surface area contributed by atoms with Gasteiger partial charge < -0.3 is 10.2 Å². The van der Waals surface area contributed by atoms with Crippen molar-refractivity contribution in [3.05, 3.63) is 29.8 Å². The summed E-state index contributed by atoms with van der Waals surface area (Å²) >= 11 is 0. The topological polar surface area (TPSA) is 44.7 Å². The van der Waals surface area contributed by atoms with E-state index in [-0.39, 0.29) is 5.91 Å². The first-order chi connectivity index (χ1) is 9.36. The van der Waals surface area contributed by atoms with E-state index in [4.69, 9.17) is 0 Å². The first-order valence-electron chi connectivity index (χ1n) is 7.04. The number of carbonyl (C=O) groups is 1. The van der Waals surface area contributed by atoms with Gasteiger partial charge in [0.25, 0.3) is 5.91 Å². The van der Waals surface area contributed by atoms with Crippen LogP contribution in [0.3, 0.4) is 0 Å². The molecule has 0 bridgehead atoms. The summed E-state index contributed by atoms with van der Waals surface area (Å²) < 4.78 is 0. The van der Waals surface area contributed by atoms with Gasteiger partial charge in [-0.3, -0.25) is 9.79 Å². The zero-order valence-electron chi connectivity index (χ0n) is 11.1. The molecule has 1 aromatic carbocycles. The third-order valence-electron chi connectivity index (χ3n) is 3.71. The van der Waals surface area contributed by atoms with E-state index in [0.29, 0.717) is 5.84 Å². The Hall–Kier alpha value is -1.84. The minimum Gasteiger partial charge on any atom is -0.366 e. The Morgan fingerprint density at radius 3 is 3.05 bits per heavy atom. The Morgan fingerprint density at radius 2 is 2.11 bits per heavy atom. The normalized spacial score (nSPS) is 18.9. The number of nitrogens with zero attached hydrogens (tertiary/aromatic N) is 2. The van der Waals surface area contributed by atoms with Gasteiger partial charge in [0.05, 0.1) is 0 Å². The fourth-order valence-electron chi connectivity index (χ4n) is 2.71. The lowest BCUT2D eigenvalue weighted by atomic mass is 10.0. The molecule has 2 aliphatic heterocycles. The van der Waals surface area contributed by atoms with Crippen molar-refractivity contribution >= 4 is 17.4 Å². The predicted octanol–water partition coefficient (Wildman–Crippen LogP) is 1.75. The Morgan fingerprint density at radius 1 is 1.21 bits per heavy atom. The van der Waals surface area contributed by atoms with Crippen LogP contribution in [0.2, 0.25) is 0 Å². The second-order valence-corrected chi connectivity index (χ2v) is 5.05. The molecule has 0 spiro atoms. The van der Waals surface area contributed by atoms with Gasteiger partial charge in [-0.2, -0.15) is 0 Å². The van der Waals surface area contributed by atoms with Crippen LogP contribution in [0.1, 0.15) is 24.8 Å². The maximum absolute atomic E-state index is 12.6. The minimum absolute atomic E-state index is 0.0223. The van der Waals surface area contributed by atoms with E-state index in [1.165, 1.54) is 5.56 Å². The van der Waals surface area contributed by atoms with E-state index < -0.39 is 0 Å². The third kappa shape index (κ3) is 2.48. The van der Waals surface area contributed by atoms with Crippen molar-refractivity contribution in [1.29, 1.82) is 0 Å². The fraction of sp³-hybridized carbons (Fsp3) is 0.467. The summed E-state index contributed by atoms with van der Waals surface area (Å²) in [6, 6.07) is 8.17. The van der Waals surface area contributed by atoms with Gasteiger partial charge >= 0.3 is 0 Å². The standard InChI is InChI=1S/C15H19N3O/c19-15(14-16-9-3-4-10-17-14)18-11-5-7-12-6-1-2-8-13(12)18/h1-2,6,8H,3-5,7,9-11H2,(H,16,17). The Labute approximate surface area is 113 Å². The summed E-state index contributed by atoms with van der Waals surface area (Å²) in [7, 11) is 0. The smallest absolute Gasteiger partial charge is 0.293 e. The monoisotopic (exact) mass is 257 g/mol. The molecule has 0 atom stereocenters. The highest BCUT2D eigenvalue weighted by atomic mass is 16.2. The zero-order valence-corrected chi connectivity index (χ0v) is 11.1. The molecule has 2 heterocycles. The van der Waals surface area contributed by atoms with Crippen LogP contribution < -0.4 is 10.2 Å². The molecule has 1 aromatic rings. The van der Waals surface area contributed by atoms with E-state index in [2.05, 4.69) is 16.4 Å². The van der Waals surface area contributed by atoms with Gasteiger partial charge in [0.2, 0.25) is 0 Å². The summed E-state index contributed by atoms with van der Waals surface area (Å²) in [6.45, 7) is 2.39. The number of aryl methyl sites for hydroxylation is 1. The quantitative estimate of drug-likeness (QED) is 0.833. The van der Waals surface area contributed by atoms with Crippen molar-refractivity contribution in [2.24, 2.45) is 4.99 Å². The maximum Gasteiger partial charge on any atom is 0.293 e. The van der Waals surface area contributed by atoms with Gasteiger partial charge in [0.15, 0.2) is 5.84 Å². The van der Waals surface area contributed by atoms with E-state index in [9.17, 15) is 4.79 Å². The molecule has 2 aliphatic rings. The van der Waals surface area contributed by atoms with Crippen molar-refractivity contribution in [2.45, 2.75) is 25.7 Å². The molecule has 0 radical (unpaired) electrons. The number of aliphatic imine (C=N–C) groups is 1. The zero-order chi connectivity index (χ0) is 13.1.